The van der Waals surface area contributed by atoms with Crippen molar-refractivity contribution < 1.29 is 10.0 Å². The zero-order chi connectivity index (χ0) is 11.5. The average Bonchev–Trinajstić information content (AvgIpc) is 2.81. The Morgan fingerprint density at radius 2 is 1.94 bits per heavy atom. The van der Waals surface area contributed by atoms with Gasteiger partial charge in [0.1, 0.15) is 0 Å². The van der Waals surface area contributed by atoms with Gasteiger partial charge in [-0.1, -0.05) is 18.2 Å². The van der Waals surface area contributed by atoms with Gasteiger partial charge in [-0.05, 0) is 18.3 Å². The number of hydrogen-bond donors (Lipinski definition) is 2. The molecule has 0 radical (unpaired) electrons. The van der Waals surface area contributed by atoms with Crippen LogP contribution in [0.2, 0.25) is 0 Å². The summed E-state index contributed by atoms with van der Waals surface area (Å²) in [7, 11) is -1.51. The van der Waals surface area contributed by atoms with Gasteiger partial charge in [0.05, 0.1) is 6.57 Å². The molecule has 1 aromatic carbocycles. The van der Waals surface area contributed by atoms with Gasteiger partial charge in [-0.3, -0.25) is 0 Å². The lowest BCUT2D eigenvalue weighted by Gasteiger charge is -2.19. The summed E-state index contributed by atoms with van der Waals surface area (Å²) in [6.45, 7) is 9.07. The molecule has 0 amide bonds. The normalized spacial score (nSPS) is 14.9. The monoisotopic (exact) mass is 216 g/mol. The van der Waals surface area contributed by atoms with Crippen molar-refractivity contribution >= 4 is 24.0 Å². The largest absolute Gasteiger partial charge is 0.487 e. The molecule has 0 atom stereocenters. The van der Waals surface area contributed by atoms with E-state index >= 15 is 0 Å². The highest BCUT2D eigenvalue weighted by Gasteiger charge is 2.18. The zero-order valence-electron chi connectivity index (χ0n) is 8.93. The first-order valence-electron chi connectivity index (χ1n) is 5.35. The van der Waals surface area contributed by atoms with Gasteiger partial charge in [0.25, 0.3) is 0 Å². The first-order valence-corrected chi connectivity index (χ1v) is 5.35. The highest BCUT2D eigenvalue weighted by molar-refractivity contribution is 6.58. The molecule has 0 aliphatic carbocycles. The first-order chi connectivity index (χ1) is 7.72. The van der Waals surface area contributed by atoms with E-state index in [1.807, 2.05) is 0 Å². The van der Waals surface area contributed by atoms with Gasteiger partial charge in [0, 0.05) is 18.8 Å². The Bertz CT molecular complexity index is 422. The topological polar surface area (TPSA) is 48.1 Å². The van der Waals surface area contributed by atoms with E-state index in [0.717, 1.165) is 31.6 Å². The fourth-order valence-electron chi connectivity index (χ4n) is 2.02. The molecule has 0 bridgehead atoms. The van der Waals surface area contributed by atoms with Crippen LogP contribution >= 0.6 is 0 Å². The van der Waals surface area contributed by atoms with Gasteiger partial charge in [0.15, 0.2) is 0 Å². The highest BCUT2D eigenvalue weighted by Crippen LogP contribution is 2.30. The van der Waals surface area contributed by atoms with Crippen LogP contribution in [0.25, 0.3) is 4.85 Å². The molecule has 4 nitrogen and oxygen atoms in total. The Morgan fingerprint density at radius 1 is 1.25 bits per heavy atom. The fraction of sp³-hybridized carbons (Fsp3) is 0.364. The van der Waals surface area contributed by atoms with E-state index in [4.69, 9.17) is 16.6 Å². The summed E-state index contributed by atoms with van der Waals surface area (Å²) in [5.74, 6) is 0. The van der Waals surface area contributed by atoms with Crippen LogP contribution in [0.3, 0.4) is 0 Å². The lowest BCUT2D eigenvalue weighted by atomic mass is 9.80. The van der Waals surface area contributed by atoms with Crippen molar-refractivity contribution in [1.29, 1.82) is 0 Å². The third-order valence-corrected chi connectivity index (χ3v) is 2.86. The molecule has 1 aliphatic heterocycles. The van der Waals surface area contributed by atoms with Crippen LogP contribution < -0.4 is 10.4 Å². The van der Waals surface area contributed by atoms with Crippen LogP contribution in [0.15, 0.2) is 18.2 Å². The maximum absolute atomic E-state index is 9.04. The summed E-state index contributed by atoms with van der Waals surface area (Å²) in [4.78, 5) is 5.61. The van der Waals surface area contributed by atoms with Crippen molar-refractivity contribution in [1.82, 2.24) is 0 Å². The van der Waals surface area contributed by atoms with Crippen molar-refractivity contribution in [3.63, 3.8) is 0 Å². The Morgan fingerprint density at radius 3 is 2.50 bits per heavy atom. The Hall–Kier alpha value is -1.51. The summed E-state index contributed by atoms with van der Waals surface area (Å²) >= 11 is 0. The molecule has 0 spiro atoms. The second kappa shape index (κ2) is 4.56. The number of benzene rings is 1. The lowest BCUT2D eigenvalue weighted by molar-refractivity contribution is 0.426. The second-order valence-corrected chi connectivity index (χ2v) is 3.93. The van der Waals surface area contributed by atoms with E-state index in [1.165, 1.54) is 0 Å². The maximum Gasteiger partial charge on any atom is 0.487 e. The van der Waals surface area contributed by atoms with E-state index in [9.17, 15) is 0 Å². The lowest BCUT2D eigenvalue weighted by Crippen LogP contribution is -2.30. The molecule has 1 aliphatic rings. The molecule has 1 aromatic rings. The Balaban J connectivity index is 2.35. The fourth-order valence-corrected chi connectivity index (χ4v) is 2.02. The average molecular weight is 216 g/mol. The molecular formula is C11H13BN2O2. The summed E-state index contributed by atoms with van der Waals surface area (Å²) < 4.78 is 0. The summed E-state index contributed by atoms with van der Waals surface area (Å²) in [5.41, 5.74) is 1.76. The minimum absolute atomic E-state index is 0.369. The Labute approximate surface area is 95.1 Å². The molecule has 2 N–H and O–H groups in total. The van der Waals surface area contributed by atoms with Crippen LogP contribution in [0.1, 0.15) is 12.8 Å². The molecule has 0 unspecified atom stereocenters. The van der Waals surface area contributed by atoms with E-state index in [1.54, 1.807) is 18.2 Å². The number of anilines is 1. The third kappa shape index (κ3) is 2.03. The molecule has 82 valence electrons. The summed E-state index contributed by atoms with van der Waals surface area (Å²) in [5, 5.41) is 18.1. The van der Waals surface area contributed by atoms with Crippen molar-refractivity contribution in [3.8, 4) is 0 Å². The predicted octanol–water partition coefficient (Wildman–Crippen LogP) is 0.517. The molecule has 16 heavy (non-hydrogen) atoms. The van der Waals surface area contributed by atoms with Crippen molar-refractivity contribution in [2.24, 2.45) is 0 Å². The van der Waals surface area contributed by atoms with Gasteiger partial charge in [-0.2, -0.15) is 0 Å². The van der Waals surface area contributed by atoms with Gasteiger partial charge in [0.2, 0.25) is 5.69 Å². The van der Waals surface area contributed by atoms with E-state index in [2.05, 4.69) is 9.74 Å². The number of nitrogens with zero attached hydrogens (tertiary/aromatic N) is 2. The predicted molar refractivity (Wildman–Crippen MR) is 64.0 cm³/mol. The first kappa shape index (κ1) is 11.0. The van der Waals surface area contributed by atoms with Gasteiger partial charge in [-0.25, -0.2) is 4.85 Å². The summed E-state index contributed by atoms with van der Waals surface area (Å²) in [6.07, 6.45) is 2.31. The van der Waals surface area contributed by atoms with E-state index < -0.39 is 7.12 Å². The smallest absolute Gasteiger partial charge is 0.423 e. The Kier molecular flexibility index (Phi) is 3.13. The maximum atomic E-state index is 9.04. The zero-order valence-corrected chi connectivity index (χ0v) is 8.93. The van der Waals surface area contributed by atoms with Crippen molar-refractivity contribution in [2.45, 2.75) is 12.8 Å². The molecule has 0 saturated carbocycles. The molecule has 1 fully saturated rings. The molecule has 2 rings (SSSR count). The second-order valence-electron chi connectivity index (χ2n) is 3.93. The van der Waals surface area contributed by atoms with Gasteiger partial charge >= 0.3 is 7.12 Å². The molecule has 1 heterocycles. The minimum Gasteiger partial charge on any atom is -0.423 e. The van der Waals surface area contributed by atoms with E-state index in [-0.39, 0.29) is 0 Å². The number of rotatable bonds is 2. The third-order valence-electron chi connectivity index (χ3n) is 2.86. The quantitative estimate of drug-likeness (QED) is 0.559. The minimum atomic E-state index is -1.51. The van der Waals surface area contributed by atoms with Crippen LogP contribution in [-0.2, 0) is 0 Å². The van der Waals surface area contributed by atoms with Gasteiger partial charge < -0.3 is 14.9 Å². The molecular weight excluding hydrogens is 203 g/mol. The van der Waals surface area contributed by atoms with Crippen LogP contribution in [0.4, 0.5) is 11.4 Å². The highest BCUT2D eigenvalue weighted by atomic mass is 16.4. The standard InChI is InChI=1S/C11H13BN2O2/c1-13-10-8-9(12(15)16)4-5-11(10)14-6-2-3-7-14/h4-5,8,15-16H,2-3,6-7H2. The molecule has 0 aromatic heterocycles. The van der Waals surface area contributed by atoms with Crippen molar-refractivity contribution in [3.05, 3.63) is 29.6 Å². The van der Waals surface area contributed by atoms with E-state index in [0.29, 0.717) is 11.2 Å². The molecule has 1 saturated heterocycles. The van der Waals surface area contributed by atoms with Crippen LogP contribution in [0, 0.1) is 6.57 Å². The molecule has 5 heteroatoms. The van der Waals surface area contributed by atoms with Crippen LogP contribution in [0.5, 0.6) is 0 Å². The van der Waals surface area contributed by atoms with Gasteiger partial charge in [-0.15, -0.1) is 0 Å². The van der Waals surface area contributed by atoms with Crippen molar-refractivity contribution in [2.75, 3.05) is 18.0 Å². The van der Waals surface area contributed by atoms with Crippen LogP contribution in [-0.4, -0.2) is 30.3 Å². The number of hydrogen-bond acceptors (Lipinski definition) is 3. The SMILES string of the molecule is [C-]#[N+]c1cc(B(O)O)ccc1N1CCCC1. The summed E-state index contributed by atoms with van der Waals surface area (Å²) in [6, 6.07) is 5.01.